The van der Waals surface area contributed by atoms with Gasteiger partial charge >= 0.3 is 6.18 Å². The van der Waals surface area contributed by atoms with E-state index in [-0.39, 0.29) is 34.5 Å². The number of carbonyl (C=O) groups is 2. The molecule has 0 unspecified atom stereocenters. The Balaban J connectivity index is 2.12. The van der Waals surface area contributed by atoms with Crippen LogP contribution in [-0.2, 0) is 32.3 Å². The summed E-state index contributed by atoms with van der Waals surface area (Å²) in [5.74, 6) is -1.18. The van der Waals surface area contributed by atoms with E-state index >= 15 is 0 Å². The normalized spacial score (nSPS) is 12.6. The van der Waals surface area contributed by atoms with Gasteiger partial charge in [0.25, 0.3) is 10.0 Å². The number of rotatable bonds is 12. The van der Waals surface area contributed by atoms with Crippen LogP contribution in [0.4, 0.5) is 18.9 Å². The molecule has 0 bridgehead atoms. The lowest BCUT2D eigenvalue weighted by Gasteiger charge is -2.33. The Morgan fingerprint density at radius 2 is 1.63 bits per heavy atom. The molecular formula is C30H32Cl2F3N3O4S. The van der Waals surface area contributed by atoms with Gasteiger partial charge in [-0.15, -0.1) is 0 Å². The maximum absolute atomic E-state index is 14.1. The van der Waals surface area contributed by atoms with Crippen molar-refractivity contribution in [2.75, 3.05) is 17.4 Å². The Morgan fingerprint density at radius 3 is 2.21 bits per heavy atom. The second-order valence-electron chi connectivity index (χ2n) is 10.2. The minimum absolute atomic E-state index is 0.115. The molecule has 1 N–H and O–H groups in total. The van der Waals surface area contributed by atoms with Gasteiger partial charge < -0.3 is 10.2 Å². The molecule has 0 spiro atoms. The molecule has 3 aromatic rings. The fraction of sp³-hybridized carbons (Fsp3) is 0.333. The Kier molecular flexibility index (Phi) is 11.5. The monoisotopic (exact) mass is 657 g/mol. The Morgan fingerprint density at radius 1 is 0.953 bits per heavy atom. The molecule has 0 saturated heterocycles. The first-order valence-electron chi connectivity index (χ1n) is 13.4. The van der Waals surface area contributed by atoms with Crippen LogP contribution in [0, 0.1) is 5.92 Å². The number of benzene rings is 3. The van der Waals surface area contributed by atoms with Gasteiger partial charge in [0.2, 0.25) is 11.8 Å². The number of anilines is 1. The second kappa shape index (κ2) is 14.5. The summed E-state index contributed by atoms with van der Waals surface area (Å²) in [6.45, 7) is 4.74. The summed E-state index contributed by atoms with van der Waals surface area (Å²) in [6.07, 6.45) is -4.60. The molecule has 0 saturated carbocycles. The van der Waals surface area contributed by atoms with Crippen molar-refractivity contribution in [3.63, 3.8) is 0 Å². The first-order valence-corrected chi connectivity index (χ1v) is 15.6. The Bertz CT molecular complexity index is 1540. The van der Waals surface area contributed by atoms with Gasteiger partial charge in [0.15, 0.2) is 0 Å². The number of nitrogens with one attached hydrogen (secondary N) is 1. The van der Waals surface area contributed by atoms with E-state index in [9.17, 15) is 31.2 Å². The lowest BCUT2D eigenvalue weighted by Crippen LogP contribution is -2.52. The smallest absolute Gasteiger partial charge is 0.354 e. The van der Waals surface area contributed by atoms with Gasteiger partial charge in [-0.25, -0.2) is 8.42 Å². The van der Waals surface area contributed by atoms with E-state index in [1.807, 2.05) is 13.8 Å². The summed E-state index contributed by atoms with van der Waals surface area (Å²) in [5.41, 5.74) is -1.02. The van der Waals surface area contributed by atoms with Gasteiger partial charge in [0, 0.05) is 23.1 Å². The lowest BCUT2D eigenvalue weighted by atomic mass is 10.1. The molecule has 7 nitrogen and oxygen atoms in total. The van der Waals surface area contributed by atoms with Crippen molar-refractivity contribution in [2.24, 2.45) is 5.92 Å². The fourth-order valence-electron chi connectivity index (χ4n) is 4.26. The molecule has 0 fully saturated rings. The van der Waals surface area contributed by atoms with Crippen molar-refractivity contribution in [3.8, 4) is 0 Å². The van der Waals surface area contributed by atoms with Crippen molar-refractivity contribution < 1.29 is 31.2 Å². The Labute approximate surface area is 259 Å². The van der Waals surface area contributed by atoms with Gasteiger partial charge in [0.1, 0.15) is 12.6 Å². The predicted molar refractivity (Wildman–Crippen MR) is 161 cm³/mol. The third-order valence-corrected chi connectivity index (χ3v) is 8.87. The highest BCUT2D eigenvalue weighted by Crippen LogP contribution is 2.33. The summed E-state index contributed by atoms with van der Waals surface area (Å²) < 4.78 is 69.1. The van der Waals surface area contributed by atoms with Crippen LogP contribution in [0.5, 0.6) is 0 Å². The minimum atomic E-state index is -4.76. The largest absolute Gasteiger partial charge is 0.416 e. The average Bonchev–Trinajstić information content (AvgIpc) is 2.95. The van der Waals surface area contributed by atoms with Crippen LogP contribution in [0.2, 0.25) is 10.0 Å². The number of hydrogen-bond donors (Lipinski definition) is 1. The number of alkyl halides is 3. The number of hydrogen-bond acceptors (Lipinski definition) is 4. The molecule has 3 aromatic carbocycles. The molecule has 3 rings (SSSR count). The maximum atomic E-state index is 14.1. The molecule has 0 radical (unpaired) electrons. The van der Waals surface area contributed by atoms with Crippen molar-refractivity contribution in [1.29, 1.82) is 0 Å². The topological polar surface area (TPSA) is 86.8 Å². The second-order valence-corrected chi connectivity index (χ2v) is 12.9. The van der Waals surface area contributed by atoms with Crippen LogP contribution in [0.1, 0.15) is 38.3 Å². The van der Waals surface area contributed by atoms with Gasteiger partial charge in [-0.1, -0.05) is 74.3 Å². The molecular weight excluding hydrogens is 626 g/mol. The van der Waals surface area contributed by atoms with Crippen molar-refractivity contribution in [2.45, 2.75) is 50.9 Å². The van der Waals surface area contributed by atoms with Crippen LogP contribution >= 0.6 is 23.2 Å². The number of halogens is 5. The third kappa shape index (κ3) is 8.87. The van der Waals surface area contributed by atoms with E-state index in [0.717, 1.165) is 12.1 Å². The standard InChI is InChI=1S/C30H32Cl2F3N3O4S/c1-4-27(29(40)36-17-20(2)3)37(18-21-13-14-23(31)16-26(21)32)28(39)19-38(43(41,42)25-11-6-5-7-12-25)24-10-8-9-22(15-24)30(33,34)35/h5-16,20,27H,4,17-19H2,1-3H3,(H,36,40)/t27-/m1/s1. The van der Waals surface area contributed by atoms with Gasteiger partial charge in [0.05, 0.1) is 16.1 Å². The molecule has 0 heterocycles. The van der Waals surface area contributed by atoms with Crippen molar-refractivity contribution in [1.82, 2.24) is 10.2 Å². The van der Waals surface area contributed by atoms with Crippen molar-refractivity contribution in [3.05, 3.63) is 94.0 Å². The van der Waals surface area contributed by atoms with Gasteiger partial charge in [-0.05, 0) is 60.4 Å². The molecule has 1 atom stereocenters. The summed E-state index contributed by atoms with van der Waals surface area (Å²) in [4.78, 5) is 28.3. The van der Waals surface area contributed by atoms with Gasteiger partial charge in [-0.3, -0.25) is 13.9 Å². The molecule has 0 aromatic heterocycles. The molecule has 43 heavy (non-hydrogen) atoms. The first-order chi connectivity index (χ1) is 20.1. The number of nitrogens with zero attached hydrogens (tertiary/aromatic N) is 2. The predicted octanol–water partition coefficient (Wildman–Crippen LogP) is 6.79. The molecule has 13 heteroatoms. The number of sulfonamides is 1. The number of carbonyl (C=O) groups excluding carboxylic acids is 2. The minimum Gasteiger partial charge on any atom is -0.354 e. The summed E-state index contributed by atoms with van der Waals surface area (Å²) in [5, 5.41) is 3.36. The SMILES string of the molecule is CC[C@H](C(=O)NCC(C)C)N(Cc1ccc(Cl)cc1Cl)C(=O)CN(c1cccc(C(F)(F)F)c1)S(=O)(=O)c1ccccc1. The fourth-order valence-corrected chi connectivity index (χ4v) is 6.16. The van der Waals surface area contributed by atoms with E-state index in [2.05, 4.69) is 5.32 Å². The van der Waals surface area contributed by atoms with Crippen LogP contribution < -0.4 is 9.62 Å². The zero-order valence-electron chi connectivity index (χ0n) is 23.7. The summed E-state index contributed by atoms with van der Waals surface area (Å²) >= 11 is 12.4. The quantitative estimate of drug-likeness (QED) is 0.232. The van der Waals surface area contributed by atoms with Crippen LogP contribution in [0.25, 0.3) is 0 Å². The van der Waals surface area contributed by atoms with Crippen molar-refractivity contribution >= 4 is 50.7 Å². The van der Waals surface area contributed by atoms with E-state index in [1.165, 1.54) is 41.3 Å². The highest BCUT2D eigenvalue weighted by molar-refractivity contribution is 7.92. The van der Waals surface area contributed by atoms with E-state index < -0.39 is 46.2 Å². The maximum Gasteiger partial charge on any atom is 0.416 e. The van der Waals surface area contributed by atoms with Crippen LogP contribution in [-0.4, -0.2) is 44.3 Å². The zero-order valence-corrected chi connectivity index (χ0v) is 26.1. The van der Waals surface area contributed by atoms with E-state index in [0.29, 0.717) is 27.5 Å². The molecule has 0 aliphatic heterocycles. The average molecular weight is 659 g/mol. The zero-order chi connectivity index (χ0) is 31.9. The Hall–Kier alpha value is -3.28. The molecule has 2 amide bonds. The number of amides is 2. The van der Waals surface area contributed by atoms with Gasteiger partial charge in [-0.2, -0.15) is 13.2 Å². The van der Waals surface area contributed by atoms with Crippen LogP contribution in [0.15, 0.2) is 77.7 Å². The van der Waals surface area contributed by atoms with Crippen LogP contribution in [0.3, 0.4) is 0 Å². The summed E-state index contributed by atoms with van der Waals surface area (Å²) in [7, 11) is -4.53. The lowest BCUT2D eigenvalue weighted by molar-refractivity contribution is -0.140. The van der Waals surface area contributed by atoms with E-state index in [1.54, 1.807) is 25.1 Å². The highest BCUT2D eigenvalue weighted by Gasteiger charge is 2.36. The first kappa shape index (κ1) is 34.2. The highest BCUT2D eigenvalue weighted by atomic mass is 35.5. The van der Waals surface area contributed by atoms with E-state index in [4.69, 9.17) is 23.2 Å². The molecule has 0 aliphatic rings. The third-order valence-electron chi connectivity index (χ3n) is 6.50. The molecule has 232 valence electrons. The summed E-state index contributed by atoms with van der Waals surface area (Å²) in [6, 6.07) is 14.3. The molecule has 0 aliphatic carbocycles.